The molecular weight excluding hydrogens is 435 g/mol. The van der Waals surface area contributed by atoms with Gasteiger partial charge in [0.1, 0.15) is 0 Å². The maximum atomic E-state index is 12.7. The number of amides is 1. The Labute approximate surface area is 187 Å². The van der Waals surface area contributed by atoms with Gasteiger partial charge in [-0.2, -0.15) is 4.31 Å². The number of nitrogens with zero attached hydrogens (tertiary/aromatic N) is 2. The Hall–Kier alpha value is -0.900. The van der Waals surface area contributed by atoms with E-state index in [1.807, 2.05) is 25.7 Å². The van der Waals surface area contributed by atoms with Gasteiger partial charge in [0.2, 0.25) is 15.9 Å². The minimum Gasteiger partial charge on any atom is -0.353 e. The molecular formula is C19H34Cl2N4O3S. The van der Waals surface area contributed by atoms with Crippen LogP contribution >= 0.6 is 24.8 Å². The third kappa shape index (κ3) is 7.70. The molecule has 0 unspecified atom stereocenters. The van der Waals surface area contributed by atoms with Crippen molar-refractivity contribution in [1.29, 1.82) is 0 Å². The van der Waals surface area contributed by atoms with Crippen LogP contribution in [0.4, 0.5) is 0 Å². The van der Waals surface area contributed by atoms with Gasteiger partial charge in [-0.3, -0.25) is 9.69 Å². The lowest BCUT2D eigenvalue weighted by Gasteiger charge is -2.34. The predicted octanol–water partition coefficient (Wildman–Crippen LogP) is 1.78. The van der Waals surface area contributed by atoms with Gasteiger partial charge in [-0.1, -0.05) is 31.5 Å². The number of halogens is 2. The summed E-state index contributed by atoms with van der Waals surface area (Å²) in [4.78, 5) is 14.5. The van der Waals surface area contributed by atoms with Crippen molar-refractivity contribution in [2.75, 3.05) is 39.3 Å². The fraction of sp³-hybridized carbons (Fsp3) is 0.632. The fourth-order valence-corrected chi connectivity index (χ4v) is 4.44. The molecule has 1 heterocycles. The first-order valence-corrected chi connectivity index (χ1v) is 11.0. The van der Waals surface area contributed by atoms with Crippen molar-refractivity contribution in [1.82, 2.24) is 14.5 Å². The van der Waals surface area contributed by atoms with Gasteiger partial charge in [-0.15, -0.1) is 24.8 Å². The summed E-state index contributed by atoms with van der Waals surface area (Å²) < 4.78 is 26.9. The number of nitrogens with two attached hydrogens (primary N) is 1. The van der Waals surface area contributed by atoms with Gasteiger partial charge < -0.3 is 11.1 Å². The Morgan fingerprint density at radius 2 is 1.59 bits per heavy atom. The van der Waals surface area contributed by atoms with E-state index in [0.29, 0.717) is 37.6 Å². The molecule has 0 aliphatic carbocycles. The monoisotopic (exact) mass is 468 g/mol. The van der Waals surface area contributed by atoms with Gasteiger partial charge in [0.05, 0.1) is 11.4 Å². The molecule has 29 heavy (non-hydrogen) atoms. The highest BCUT2D eigenvalue weighted by molar-refractivity contribution is 7.89. The fourth-order valence-electron chi connectivity index (χ4n) is 3.02. The number of benzene rings is 1. The molecule has 0 saturated carbocycles. The summed E-state index contributed by atoms with van der Waals surface area (Å²) in [6.45, 7) is 8.52. The highest BCUT2D eigenvalue weighted by atomic mass is 35.5. The van der Waals surface area contributed by atoms with E-state index in [1.54, 1.807) is 24.3 Å². The molecule has 2 rings (SSSR count). The van der Waals surface area contributed by atoms with E-state index in [9.17, 15) is 13.2 Å². The van der Waals surface area contributed by atoms with E-state index in [2.05, 4.69) is 5.32 Å². The molecule has 0 aromatic heterocycles. The Morgan fingerprint density at radius 1 is 1.07 bits per heavy atom. The zero-order chi connectivity index (χ0) is 20.1. The van der Waals surface area contributed by atoms with Crippen LogP contribution in [-0.2, 0) is 14.8 Å². The summed E-state index contributed by atoms with van der Waals surface area (Å²) in [6.07, 6.45) is 1.61. The first kappa shape index (κ1) is 28.1. The lowest BCUT2D eigenvalue weighted by atomic mass is 9.94. The molecule has 7 nitrogen and oxygen atoms in total. The third-order valence-electron chi connectivity index (χ3n) is 5.40. The van der Waals surface area contributed by atoms with E-state index in [0.717, 1.165) is 18.4 Å². The highest BCUT2D eigenvalue weighted by Gasteiger charge is 2.29. The standard InChI is InChI=1S/C19H32N4O3S.2ClH/c1-4-19(20,5-2)15-21-18(24)14-22-10-12-23(13-11-22)27(25,26)17-8-6-16(3)7-9-17;;/h6-9H,4-5,10-15,20H2,1-3H3,(H,21,24);2*1H. The number of sulfonamides is 1. The van der Waals surface area contributed by atoms with Crippen LogP contribution in [-0.4, -0.2) is 68.3 Å². The van der Waals surface area contributed by atoms with Gasteiger partial charge in [-0.25, -0.2) is 8.42 Å². The van der Waals surface area contributed by atoms with Gasteiger partial charge >= 0.3 is 0 Å². The van der Waals surface area contributed by atoms with Crippen LogP contribution in [0.1, 0.15) is 32.3 Å². The molecule has 3 N–H and O–H groups in total. The van der Waals surface area contributed by atoms with Crippen LogP contribution in [0.25, 0.3) is 0 Å². The summed E-state index contributed by atoms with van der Waals surface area (Å²) in [7, 11) is -3.48. The number of hydrogen-bond acceptors (Lipinski definition) is 5. The maximum absolute atomic E-state index is 12.7. The van der Waals surface area contributed by atoms with Crippen molar-refractivity contribution in [3.8, 4) is 0 Å². The van der Waals surface area contributed by atoms with Crippen molar-refractivity contribution in [3.63, 3.8) is 0 Å². The van der Waals surface area contributed by atoms with Crippen LogP contribution in [0.15, 0.2) is 29.2 Å². The SMILES string of the molecule is CCC(N)(CC)CNC(=O)CN1CCN(S(=O)(=O)c2ccc(C)cc2)CC1.Cl.Cl. The normalized spacial score (nSPS) is 15.9. The number of hydrogen-bond donors (Lipinski definition) is 2. The van der Waals surface area contributed by atoms with E-state index in [4.69, 9.17) is 5.73 Å². The number of nitrogens with one attached hydrogen (secondary N) is 1. The first-order valence-electron chi connectivity index (χ1n) is 9.55. The first-order chi connectivity index (χ1) is 12.7. The lowest BCUT2D eigenvalue weighted by Crippen LogP contribution is -2.53. The highest BCUT2D eigenvalue weighted by Crippen LogP contribution is 2.18. The van der Waals surface area contributed by atoms with Crippen LogP contribution in [0.2, 0.25) is 0 Å². The van der Waals surface area contributed by atoms with Gasteiger partial charge in [0.15, 0.2) is 0 Å². The minimum absolute atomic E-state index is 0. The Morgan fingerprint density at radius 3 is 2.07 bits per heavy atom. The van der Waals surface area contributed by atoms with Crippen LogP contribution in [0, 0.1) is 6.92 Å². The van der Waals surface area contributed by atoms with Gasteiger partial charge in [0.25, 0.3) is 0 Å². The Kier molecular flexibility index (Phi) is 11.7. The topological polar surface area (TPSA) is 95.7 Å². The minimum atomic E-state index is -3.48. The predicted molar refractivity (Wildman–Crippen MR) is 121 cm³/mol. The number of piperazine rings is 1. The van der Waals surface area contributed by atoms with Crippen LogP contribution in [0.3, 0.4) is 0 Å². The van der Waals surface area contributed by atoms with E-state index >= 15 is 0 Å². The molecule has 0 radical (unpaired) electrons. The molecule has 1 saturated heterocycles. The second-order valence-corrected chi connectivity index (χ2v) is 9.28. The molecule has 0 atom stereocenters. The third-order valence-corrected chi connectivity index (χ3v) is 7.32. The molecule has 1 aliphatic rings. The van der Waals surface area contributed by atoms with Gasteiger partial charge in [-0.05, 0) is 31.9 Å². The molecule has 0 spiro atoms. The number of rotatable bonds is 8. The molecule has 0 bridgehead atoms. The number of carbonyl (C=O) groups is 1. The van der Waals surface area contributed by atoms with Crippen molar-refractivity contribution < 1.29 is 13.2 Å². The number of aryl methyl sites for hydroxylation is 1. The zero-order valence-electron chi connectivity index (χ0n) is 17.4. The molecule has 10 heteroatoms. The van der Waals surface area contributed by atoms with E-state index in [1.165, 1.54) is 4.31 Å². The number of carbonyl (C=O) groups excluding carboxylic acids is 1. The summed E-state index contributed by atoms with van der Waals surface area (Å²) >= 11 is 0. The molecule has 168 valence electrons. The summed E-state index contributed by atoms with van der Waals surface area (Å²) in [5.41, 5.74) is 6.87. The van der Waals surface area contributed by atoms with Crippen molar-refractivity contribution in [2.45, 2.75) is 44.0 Å². The molecule has 1 aromatic rings. The largest absolute Gasteiger partial charge is 0.353 e. The average Bonchev–Trinajstić information content (AvgIpc) is 2.67. The maximum Gasteiger partial charge on any atom is 0.243 e. The van der Waals surface area contributed by atoms with Crippen LogP contribution in [0.5, 0.6) is 0 Å². The van der Waals surface area contributed by atoms with Gasteiger partial charge in [0, 0.05) is 38.3 Å². The van der Waals surface area contributed by atoms with Crippen molar-refractivity contribution >= 4 is 40.7 Å². The second-order valence-electron chi connectivity index (χ2n) is 7.34. The molecule has 1 aromatic carbocycles. The quantitative estimate of drug-likeness (QED) is 0.605. The van der Waals surface area contributed by atoms with Crippen LogP contribution < -0.4 is 11.1 Å². The smallest absolute Gasteiger partial charge is 0.243 e. The van der Waals surface area contributed by atoms with Crippen molar-refractivity contribution in [3.05, 3.63) is 29.8 Å². The van der Waals surface area contributed by atoms with E-state index in [-0.39, 0.29) is 42.8 Å². The zero-order valence-corrected chi connectivity index (χ0v) is 19.8. The summed E-state index contributed by atoms with van der Waals surface area (Å²) in [6, 6.07) is 6.89. The molecule has 1 aliphatic heterocycles. The van der Waals surface area contributed by atoms with E-state index < -0.39 is 10.0 Å². The molecule has 1 amide bonds. The molecule has 1 fully saturated rings. The lowest BCUT2D eigenvalue weighted by molar-refractivity contribution is -0.122. The Balaban J connectivity index is 0.00000392. The Bertz CT molecular complexity index is 732. The van der Waals surface area contributed by atoms with Crippen molar-refractivity contribution in [2.24, 2.45) is 5.73 Å². The summed E-state index contributed by atoms with van der Waals surface area (Å²) in [5, 5.41) is 2.91. The average molecular weight is 469 g/mol. The second kappa shape index (κ2) is 12.1. The summed E-state index contributed by atoms with van der Waals surface area (Å²) in [5.74, 6) is -0.0680.